The molecule has 0 radical (unpaired) electrons. The minimum absolute atomic E-state index is 0.0549. The molecule has 0 aliphatic heterocycles. The molecule has 1 saturated carbocycles. The monoisotopic (exact) mass is 288 g/mol. The van der Waals surface area contributed by atoms with Gasteiger partial charge in [0.2, 0.25) is 0 Å². The zero-order chi connectivity index (χ0) is 14.6. The van der Waals surface area contributed by atoms with Gasteiger partial charge in [-0.25, -0.2) is 0 Å². The Labute approximate surface area is 116 Å². The van der Waals surface area contributed by atoms with Crippen LogP contribution >= 0.6 is 0 Å². The van der Waals surface area contributed by atoms with Crippen molar-refractivity contribution in [2.75, 3.05) is 0 Å². The minimum Gasteiger partial charge on any atom is -0.390 e. The molecule has 5 heteroatoms. The summed E-state index contributed by atoms with van der Waals surface area (Å²) in [6.45, 7) is 0. The second kappa shape index (κ2) is 6.14. The standard InChI is InChI=1S/C15H19F3O2/c16-15(17,18)20-13-7-4-9-14(19,11-13)10-8-12-5-2-1-3-6-12/h1-3,5-6,13,19H,4,7-11H2. The number of hydrogen-bond acceptors (Lipinski definition) is 2. The molecule has 1 aliphatic carbocycles. The zero-order valence-corrected chi connectivity index (χ0v) is 11.2. The highest BCUT2D eigenvalue weighted by Gasteiger charge is 2.40. The number of halogens is 3. The molecular formula is C15H19F3O2. The SMILES string of the molecule is OC1(CCc2ccccc2)CCCC(OC(F)(F)F)C1. The average Bonchev–Trinajstić information content (AvgIpc) is 2.36. The highest BCUT2D eigenvalue weighted by Crippen LogP contribution is 2.36. The Balaban J connectivity index is 1.89. The van der Waals surface area contributed by atoms with Gasteiger partial charge < -0.3 is 5.11 Å². The third-order valence-corrected chi connectivity index (χ3v) is 3.80. The maximum Gasteiger partial charge on any atom is 0.522 e. The predicted octanol–water partition coefficient (Wildman–Crippen LogP) is 3.83. The van der Waals surface area contributed by atoms with Gasteiger partial charge in [0.05, 0.1) is 11.7 Å². The second-order valence-electron chi connectivity index (χ2n) is 5.49. The first kappa shape index (κ1) is 15.3. The number of benzene rings is 1. The Morgan fingerprint density at radius 1 is 1.25 bits per heavy atom. The van der Waals surface area contributed by atoms with E-state index in [0.717, 1.165) is 5.56 Å². The van der Waals surface area contributed by atoms with Gasteiger partial charge in [-0.2, -0.15) is 0 Å². The second-order valence-corrected chi connectivity index (χ2v) is 5.49. The molecule has 0 aromatic heterocycles. The molecule has 20 heavy (non-hydrogen) atoms. The molecule has 112 valence electrons. The van der Waals surface area contributed by atoms with Gasteiger partial charge in [0.1, 0.15) is 0 Å². The van der Waals surface area contributed by atoms with Crippen LogP contribution in [0.1, 0.15) is 37.7 Å². The molecule has 0 heterocycles. The molecule has 2 nitrogen and oxygen atoms in total. The normalized spacial score (nSPS) is 27.5. The van der Waals surface area contributed by atoms with Crippen LogP contribution in [-0.2, 0) is 11.2 Å². The molecule has 1 fully saturated rings. The number of rotatable bonds is 4. The highest BCUT2D eigenvalue weighted by molar-refractivity contribution is 5.15. The van der Waals surface area contributed by atoms with Crippen molar-refractivity contribution < 1.29 is 23.0 Å². The van der Waals surface area contributed by atoms with E-state index in [1.165, 1.54) is 0 Å². The molecule has 0 amide bonds. The van der Waals surface area contributed by atoms with E-state index < -0.39 is 18.1 Å². The maximum atomic E-state index is 12.2. The van der Waals surface area contributed by atoms with E-state index >= 15 is 0 Å². The topological polar surface area (TPSA) is 29.5 Å². The summed E-state index contributed by atoms with van der Waals surface area (Å²) in [5, 5.41) is 10.5. The first-order valence-electron chi connectivity index (χ1n) is 6.87. The van der Waals surface area contributed by atoms with Crippen LogP contribution in [0.25, 0.3) is 0 Å². The molecule has 0 saturated heterocycles. The average molecular weight is 288 g/mol. The summed E-state index contributed by atoms with van der Waals surface area (Å²) in [5.74, 6) is 0. The summed E-state index contributed by atoms with van der Waals surface area (Å²) in [5.41, 5.74) is 0.0316. The van der Waals surface area contributed by atoms with Gasteiger partial charge in [-0.05, 0) is 37.7 Å². The largest absolute Gasteiger partial charge is 0.522 e. The van der Waals surface area contributed by atoms with Crippen molar-refractivity contribution in [2.45, 2.75) is 56.6 Å². The molecule has 2 atom stereocenters. The Kier molecular flexibility index (Phi) is 4.70. The molecule has 2 unspecified atom stereocenters. The quantitative estimate of drug-likeness (QED) is 0.912. The van der Waals surface area contributed by atoms with Crippen LogP contribution < -0.4 is 0 Å². The van der Waals surface area contributed by atoms with Crippen molar-refractivity contribution in [3.8, 4) is 0 Å². The van der Waals surface area contributed by atoms with Crippen molar-refractivity contribution in [1.29, 1.82) is 0 Å². The van der Waals surface area contributed by atoms with Gasteiger partial charge in [-0.15, -0.1) is 13.2 Å². The van der Waals surface area contributed by atoms with E-state index in [1.54, 1.807) is 0 Å². The van der Waals surface area contributed by atoms with E-state index in [1.807, 2.05) is 30.3 Å². The van der Waals surface area contributed by atoms with Crippen molar-refractivity contribution in [3.05, 3.63) is 35.9 Å². The molecule has 2 rings (SSSR count). The van der Waals surface area contributed by atoms with Crippen molar-refractivity contribution in [1.82, 2.24) is 0 Å². The van der Waals surface area contributed by atoms with Gasteiger partial charge in [0.25, 0.3) is 0 Å². The summed E-state index contributed by atoms with van der Waals surface area (Å²) < 4.78 is 40.8. The number of alkyl halides is 3. The number of aryl methyl sites for hydroxylation is 1. The number of hydrogen-bond donors (Lipinski definition) is 1. The van der Waals surface area contributed by atoms with Crippen LogP contribution in [0.3, 0.4) is 0 Å². The van der Waals surface area contributed by atoms with Crippen LogP contribution in [0.15, 0.2) is 30.3 Å². The fourth-order valence-corrected chi connectivity index (χ4v) is 2.83. The summed E-state index contributed by atoms with van der Waals surface area (Å²) in [4.78, 5) is 0. The van der Waals surface area contributed by atoms with E-state index in [9.17, 15) is 18.3 Å². The summed E-state index contributed by atoms with van der Waals surface area (Å²) in [7, 11) is 0. The lowest BCUT2D eigenvalue weighted by molar-refractivity contribution is -0.349. The molecule has 0 bridgehead atoms. The van der Waals surface area contributed by atoms with E-state index in [2.05, 4.69) is 4.74 Å². The highest BCUT2D eigenvalue weighted by atomic mass is 19.4. The Bertz CT molecular complexity index is 419. The van der Waals surface area contributed by atoms with Gasteiger partial charge >= 0.3 is 6.36 Å². The van der Waals surface area contributed by atoms with Crippen LogP contribution in [0.5, 0.6) is 0 Å². The van der Waals surface area contributed by atoms with Crippen LogP contribution in [0.4, 0.5) is 13.2 Å². The molecule has 1 aliphatic rings. The zero-order valence-electron chi connectivity index (χ0n) is 11.2. The van der Waals surface area contributed by atoms with Gasteiger partial charge in [0, 0.05) is 6.42 Å². The molecule has 1 aromatic carbocycles. The van der Waals surface area contributed by atoms with Gasteiger partial charge in [-0.1, -0.05) is 30.3 Å². The Morgan fingerprint density at radius 3 is 2.60 bits per heavy atom. The van der Waals surface area contributed by atoms with Crippen molar-refractivity contribution >= 4 is 0 Å². The fraction of sp³-hybridized carbons (Fsp3) is 0.600. The number of ether oxygens (including phenoxy) is 1. The lowest BCUT2D eigenvalue weighted by Gasteiger charge is -2.37. The van der Waals surface area contributed by atoms with Gasteiger partial charge in [-0.3, -0.25) is 4.74 Å². The van der Waals surface area contributed by atoms with E-state index in [4.69, 9.17) is 0 Å². The summed E-state index contributed by atoms with van der Waals surface area (Å²) >= 11 is 0. The fourth-order valence-electron chi connectivity index (χ4n) is 2.83. The number of aliphatic hydroxyl groups is 1. The Hall–Kier alpha value is -1.07. The predicted molar refractivity (Wildman–Crippen MR) is 69.1 cm³/mol. The first-order chi connectivity index (χ1) is 9.36. The van der Waals surface area contributed by atoms with E-state index in [0.29, 0.717) is 32.1 Å². The summed E-state index contributed by atoms with van der Waals surface area (Å²) in [6.07, 6.45) is -2.91. The molecule has 1 aromatic rings. The first-order valence-corrected chi connectivity index (χ1v) is 6.87. The third-order valence-electron chi connectivity index (χ3n) is 3.80. The molecule has 1 N–H and O–H groups in total. The Morgan fingerprint density at radius 2 is 1.95 bits per heavy atom. The lowest BCUT2D eigenvalue weighted by atomic mass is 9.79. The third kappa shape index (κ3) is 4.80. The lowest BCUT2D eigenvalue weighted by Crippen LogP contribution is -2.40. The van der Waals surface area contributed by atoms with Crippen molar-refractivity contribution in [2.24, 2.45) is 0 Å². The molecule has 0 spiro atoms. The van der Waals surface area contributed by atoms with Gasteiger partial charge in [0.15, 0.2) is 0 Å². The van der Waals surface area contributed by atoms with Crippen LogP contribution in [0, 0.1) is 0 Å². The smallest absolute Gasteiger partial charge is 0.390 e. The van der Waals surface area contributed by atoms with E-state index in [-0.39, 0.29) is 6.42 Å². The minimum atomic E-state index is -4.62. The molecular weight excluding hydrogens is 269 g/mol. The van der Waals surface area contributed by atoms with Crippen molar-refractivity contribution in [3.63, 3.8) is 0 Å². The van der Waals surface area contributed by atoms with Crippen LogP contribution in [-0.4, -0.2) is 23.2 Å². The maximum absolute atomic E-state index is 12.2. The van der Waals surface area contributed by atoms with Crippen LogP contribution in [0.2, 0.25) is 0 Å². The summed E-state index contributed by atoms with van der Waals surface area (Å²) in [6, 6.07) is 9.64.